The van der Waals surface area contributed by atoms with Crippen molar-refractivity contribution in [1.82, 2.24) is 29.3 Å². The number of hydrogen-bond donors (Lipinski definition) is 1. The van der Waals surface area contributed by atoms with Crippen LogP contribution in [0.5, 0.6) is 5.75 Å². The van der Waals surface area contributed by atoms with Gasteiger partial charge in [-0.2, -0.15) is 4.98 Å². The molecule has 66 heavy (non-hydrogen) atoms. The molecule has 0 bridgehead atoms. The number of pyridine rings is 2. The van der Waals surface area contributed by atoms with E-state index in [1.54, 1.807) is 30.0 Å². The maximum atomic E-state index is 13.6. The van der Waals surface area contributed by atoms with Crippen molar-refractivity contribution >= 4 is 69.3 Å². The summed E-state index contributed by atoms with van der Waals surface area (Å²) >= 11 is 0. The molecule has 1 N–H and O–H groups in total. The van der Waals surface area contributed by atoms with Crippen molar-refractivity contribution in [3.05, 3.63) is 75.3 Å². The number of Topliss-reactive ketones (excluding diaryl/α,β-unsaturated/α-hetero) is 4. The van der Waals surface area contributed by atoms with Crippen molar-refractivity contribution in [2.45, 2.75) is 103 Å². The number of anilines is 3. The number of ether oxygens (including phenoxy) is 2. The molecule has 2 aliphatic carbocycles. The van der Waals surface area contributed by atoms with E-state index in [1.165, 1.54) is 19.1 Å². The highest BCUT2D eigenvalue weighted by Gasteiger charge is 2.46. The van der Waals surface area contributed by atoms with Gasteiger partial charge in [-0.1, -0.05) is 18.9 Å². The summed E-state index contributed by atoms with van der Waals surface area (Å²) < 4.78 is 13.1. The van der Waals surface area contributed by atoms with E-state index in [4.69, 9.17) is 14.5 Å². The van der Waals surface area contributed by atoms with Crippen LogP contribution in [-0.2, 0) is 23.9 Å². The van der Waals surface area contributed by atoms with Crippen LogP contribution in [0.25, 0.3) is 11.0 Å². The third kappa shape index (κ3) is 9.78. The molecular formula is C48H54N8O10. The zero-order valence-corrected chi connectivity index (χ0v) is 37.3. The summed E-state index contributed by atoms with van der Waals surface area (Å²) in [7, 11) is 0. The quantitative estimate of drug-likeness (QED) is 0.0594. The predicted molar refractivity (Wildman–Crippen MR) is 241 cm³/mol. The number of piperazine rings is 1. The topological polar surface area (TPSA) is 220 Å². The fourth-order valence-electron chi connectivity index (χ4n) is 9.43. The molecule has 0 spiro atoms. The molecule has 18 heteroatoms. The van der Waals surface area contributed by atoms with Gasteiger partial charge in [0.05, 0.1) is 41.0 Å². The van der Waals surface area contributed by atoms with Crippen molar-refractivity contribution in [3.8, 4) is 5.75 Å². The molecule has 2 aliphatic heterocycles. The lowest BCUT2D eigenvalue weighted by molar-refractivity contribution is -0.133. The first-order valence-electron chi connectivity index (χ1n) is 22.9. The summed E-state index contributed by atoms with van der Waals surface area (Å²) in [5.74, 6) is -1.38. The Morgan fingerprint density at radius 1 is 0.848 bits per heavy atom. The second-order valence-electron chi connectivity index (χ2n) is 17.4. The minimum Gasteiger partial charge on any atom is -0.485 e. The summed E-state index contributed by atoms with van der Waals surface area (Å²) in [4.78, 5) is 121. The van der Waals surface area contributed by atoms with Gasteiger partial charge >= 0.3 is 0 Å². The van der Waals surface area contributed by atoms with Crippen molar-refractivity contribution in [2.75, 3.05) is 56.2 Å². The summed E-state index contributed by atoms with van der Waals surface area (Å²) in [6, 6.07) is 7.34. The van der Waals surface area contributed by atoms with Crippen molar-refractivity contribution in [3.63, 3.8) is 0 Å². The monoisotopic (exact) mass is 902 g/mol. The number of carbonyl (C=O) groups is 7. The Morgan fingerprint density at radius 3 is 2.35 bits per heavy atom. The molecule has 346 valence electrons. The first-order chi connectivity index (χ1) is 31.9. The molecule has 2 saturated carbocycles. The van der Waals surface area contributed by atoms with Crippen LogP contribution in [0.2, 0.25) is 0 Å². The number of nitrogens with one attached hydrogen (secondary N) is 1. The number of carbonyl (C=O) groups excluding carboxylic acids is 7. The number of unbranched alkanes of at least 4 members (excludes halogenated alkanes) is 1. The molecule has 1 unspecified atom stereocenters. The first-order valence-corrected chi connectivity index (χ1v) is 22.9. The predicted octanol–water partition coefficient (Wildman–Crippen LogP) is 5.11. The fourth-order valence-corrected chi connectivity index (χ4v) is 9.43. The van der Waals surface area contributed by atoms with Gasteiger partial charge in [0.1, 0.15) is 29.6 Å². The number of aryl methyl sites for hydroxylation is 1. The van der Waals surface area contributed by atoms with Crippen LogP contribution >= 0.6 is 0 Å². The van der Waals surface area contributed by atoms with Crippen LogP contribution in [0.1, 0.15) is 127 Å². The Bertz CT molecular complexity index is 2630. The van der Waals surface area contributed by atoms with Crippen LogP contribution in [0.3, 0.4) is 0 Å². The molecule has 4 aromatic rings. The third-order valence-electron chi connectivity index (χ3n) is 13.0. The second-order valence-corrected chi connectivity index (χ2v) is 17.4. The summed E-state index contributed by atoms with van der Waals surface area (Å²) in [6.07, 6.45) is 9.55. The minimum atomic E-state index is -0.990. The molecule has 4 aliphatic rings. The molecule has 18 nitrogen and oxygen atoms in total. The maximum absolute atomic E-state index is 13.6. The average molecular weight is 903 g/mol. The fraction of sp³-hybridized carbons (Fsp3) is 0.479. The highest BCUT2D eigenvalue weighted by molar-refractivity contribution is 6.24. The van der Waals surface area contributed by atoms with E-state index in [2.05, 4.69) is 20.2 Å². The number of amides is 3. The number of nitrogens with zero attached hydrogens (tertiary/aromatic N) is 7. The summed E-state index contributed by atoms with van der Waals surface area (Å²) in [5, 5.41) is 3.85. The number of imide groups is 1. The van der Waals surface area contributed by atoms with E-state index in [0.717, 1.165) is 36.3 Å². The Balaban J connectivity index is 0.716. The van der Waals surface area contributed by atoms with E-state index < -0.39 is 23.6 Å². The lowest BCUT2D eigenvalue weighted by atomic mass is 9.92. The van der Waals surface area contributed by atoms with E-state index in [-0.39, 0.29) is 89.6 Å². The molecule has 1 atom stereocenters. The smallest absolute Gasteiger partial charge is 0.266 e. The summed E-state index contributed by atoms with van der Waals surface area (Å²) in [6.45, 7) is 6.22. The van der Waals surface area contributed by atoms with Crippen LogP contribution in [0.4, 0.5) is 17.5 Å². The molecular weight excluding hydrogens is 849 g/mol. The molecule has 3 amide bonds. The van der Waals surface area contributed by atoms with Gasteiger partial charge in [0, 0.05) is 76.3 Å². The van der Waals surface area contributed by atoms with Gasteiger partial charge in [-0.15, -0.1) is 0 Å². The number of aromatic nitrogens is 4. The Labute approximate surface area is 381 Å². The number of hydrogen-bond acceptors (Lipinski definition) is 15. The van der Waals surface area contributed by atoms with Crippen LogP contribution < -0.4 is 20.5 Å². The molecule has 8 rings (SSSR count). The van der Waals surface area contributed by atoms with Gasteiger partial charge in [0.2, 0.25) is 11.9 Å². The second kappa shape index (κ2) is 20.2. The van der Waals surface area contributed by atoms with Gasteiger partial charge in [-0.25, -0.2) is 9.97 Å². The van der Waals surface area contributed by atoms with E-state index >= 15 is 0 Å². The Morgan fingerprint density at radius 2 is 1.62 bits per heavy atom. The minimum absolute atomic E-state index is 0.0175. The summed E-state index contributed by atoms with van der Waals surface area (Å²) in [5.41, 5.74) is 2.04. The number of fused-ring (bicyclic) bond motifs is 2. The normalized spacial score (nSPS) is 17.8. The highest BCUT2D eigenvalue weighted by atomic mass is 16.5. The molecule has 5 heterocycles. The zero-order chi connectivity index (χ0) is 46.5. The van der Waals surface area contributed by atoms with Gasteiger partial charge in [0.25, 0.3) is 17.4 Å². The standard InChI is InChI=1S/C48H54N8O10/c1-29-36-27-50-48(52-44(36)55(31-9-3-4-10-31)46(63)42(29)30(2)57)51-40-18-15-32(26-49-40)53-19-21-54(22-20-53)41(61)14-5-6-23-65-24-8-11-34(59)28-66-39-13-7-12-35-43(39)47(64)56(45(35)62)37-17-16-33(58)25-38(37)60/h7,12-13,15,18,26-27,31,37H,3-6,8-11,14,16-17,19-25,28H2,1-2H3,(H,49,50,51,52). The zero-order valence-electron chi connectivity index (χ0n) is 37.3. The Kier molecular flexibility index (Phi) is 14.1. The number of ketones is 4. The van der Waals surface area contributed by atoms with Crippen LogP contribution in [0, 0.1) is 6.92 Å². The average Bonchev–Trinajstić information content (AvgIpc) is 3.93. The van der Waals surface area contributed by atoms with Crippen molar-refractivity contribution in [2.24, 2.45) is 0 Å². The third-order valence-corrected chi connectivity index (χ3v) is 13.0. The largest absolute Gasteiger partial charge is 0.485 e. The van der Waals surface area contributed by atoms with E-state index in [0.29, 0.717) is 93.4 Å². The van der Waals surface area contributed by atoms with Crippen LogP contribution in [-0.4, -0.2) is 122 Å². The SMILES string of the molecule is CC(=O)c1c(C)c2cnc(Nc3ccc(N4CCN(C(=O)CCCCOCCCC(=O)COc5cccc6c5C(=O)N(C5CCC(=O)CC5=O)C6=O)CC4)cn3)nc2n(C2CCCC2)c1=O. The Hall–Kier alpha value is -6.69. The van der Waals surface area contributed by atoms with Crippen molar-refractivity contribution in [1.29, 1.82) is 0 Å². The molecule has 3 fully saturated rings. The maximum Gasteiger partial charge on any atom is 0.266 e. The van der Waals surface area contributed by atoms with Crippen LogP contribution in [0.15, 0.2) is 47.5 Å². The molecule has 0 radical (unpaired) electrons. The number of rotatable bonds is 18. The number of benzene rings is 1. The van der Waals surface area contributed by atoms with E-state index in [1.807, 2.05) is 17.0 Å². The lowest BCUT2D eigenvalue weighted by Gasteiger charge is -2.36. The molecule has 3 aromatic heterocycles. The highest BCUT2D eigenvalue weighted by Crippen LogP contribution is 2.35. The molecule has 1 aromatic carbocycles. The van der Waals surface area contributed by atoms with E-state index in [9.17, 15) is 38.4 Å². The van der Waals surface area contributed by atoms with Gasteiger partial charge < -0.3 is 24.6 Å². The lowest BCUT2D eigenvalue weighted by Crippen LogP contribution is -2.48. The first kappa shape index (κ1) is 45.9. The van der Waals surface area contributed by atoms with Gasteiger partial charge in [-0.05, 0) is 82.2 Å². The van der Waals surface area contributed by atoms with Gasteiger partial charge in [-0.3, -0.25) is 47.8 Å². The van der Waals surface area contributed by atoms with Crippen molar-refractivity contribution < 1.29 is 43.0 Å². The molecule has 1 saturated heterocycles. The van der Waals surface area contributed by atoms with Gasteiger partial charge in [0.15, 0.2) is 17.3 Å².